The molecule has 21 heavy (non-hydrogen) atoms. The second kappa shape index (κ2) is 6.15. The summed E-state index contributed by atoms with van der Waals surface area (Å²) in [5.41, 5.74) is 1.73. The fourth-order valence-electron chi connectivity index (χ4n) is 2.15. The smallest absolute Gasteiger partial charge is 0.162 e. The van der Waals surface area contributed by atoms with Crippen molar-refractivity contribution in [3.8, 4) is 11.5 Å². The van der Waals surface area contributed by atoms with E-state index in [2.05, 4.69) is 31.9 Å². The summed E-state index contributed by atoms with van der Waals surface area (Å²) in [7, 11) is 0. The number of alkyl halides is 1. The minimum Gasteiger partial charge on any atom is -0.486 e. The number of hydrogen-bond donors (Lipinski definition) is 0. The third-order valence-electron chi connectivity index (χ3n) is 3.17. The van der Waals surface area contributed by atoms with Gasteiger partial charge in [-0.3, -0.25) is 0 Å². The highest BCUT2D eigenvalue weighted by molar-refractivity contribution is 9.11. The van der Waals surface area contributed by atoms with Crippen LogP contribution in [0.5, 0.6) is 11.5 Å². The van der Waals surface area contributed by atoms with Gasteiger partial charge in [-0.05, 0) is 35.4 Å². The second-order valence-electron chi connectivity index (χ2n) is 4.55. The number of fused-ring (bicyclic) bond motifs is 1. The first-order valence-electron chi connectivity index (χ1n) is 6.24. The van der Waals surface area contributed by atoms with Crippen molar-refractivity contribution in [3.05, 3.63) is 56.8 Å². The average Bonchev–Trinajstić information content (AvgIpc) is 2.46. The molecule has 3 rings (SSSR count). The lowest BCUT2D eigenvalue weighted by Crippen LogP contribution is -2.15. The standard InChI is InChI=1S/C15H10Br2ClFO2/c16-11-7-14-13(20-3-4-21-14)6-10(11)15(17)9-2-1-8(19)5-12(9)18/h1-2,5-7,15H,3-4H2. The highest BCUT2D eigenvalue weighted by Crippen LogP contribution is 2.44. The molecule has 6 heteroatoms. The van der Waals surface area contributed by atoms with Gasteiger partial charge in [-0.15, -0.1) is 0 Å². The molecule has 2 nitrogen and oxygen atoms in total. The minimum atomic E-state index is -0.357. The molecule has 0 saturated heterocycles. The molecule has 1 aliphatic heterocycles. The molecule has 0 radical (unpaired) electrons. The average molecular weight is 437 g/mol. The summed E-state index contributed by atoms with van der Waals surface area (Å²) in [4.78, 5) is -0.184. The fraction of sp³-hybridized carbons (Fsp3) is 0.200. The second-order valence-corrected chi connectivity index (χ2v) is 6.72. The van der Waals surface area contributed by atoms with Crippen LogP contribution in [0.25, 0.3) is 0 Å². The van der Waals surface area contributed by atoms with Gasteiger partial charge in [0.2, 0.25) is 0 Å². The lowest BCUT2D eigenvalue weighted by atomic mass is 10.0. The van der Waals surface area contributed by atoms with Crippen molar-refractivity contribution < 1.29 is 13.9 Å². The van der Waals surface area contributed by atoms with Crippen molar-refractivity contribution >= 4 is 43.5 Å². The van der Waals surface area contributed by atoms with Gasteiger partial charge >= 0.3 is 0 Å². The summed E-state index contributed by atoms with van der Waals surface area (Å²) in [6.45, 7) is 1.07. The number of hydrogen-bond acceptors (Lipinski definition) is 2. The zero-order chi connectivity index (χ0) is 15.0. The topological polar surface area (TPSA) is 18.5 Å². The van der Waals surface area contributed by atoms with Crippen molar-refractivity contribution in [3.63, 3.8) is 0 Å². The molecule has 1 atom stereocenters. The highest BCUT2D eigenvalue weighted by atomic mass is 79.9. The Morgan fingerprint density at radius 1 is 1.05 bits per heavy atom. The van der Waals surface area contributed by atoms with Crippen LogP contribution in [-0.4, -0.2) is 13.2 Å². The van der Waals surface area contributed by atoms with E-state index >= 15 is 0 Å². The molecule has 0 saturated carbocycles. The predicted molar refractivity (Wildman–Crippen MR) is 87.3 cm³/mol. The molecule has 2 aromatic carbocycles. The van der Waals surface area contributed by atoms with Crippen LogP contribution in [-0.2, 0) is 0 Å². The molecule has 1 aliphatic rings. The van der Waals surface area contributed by atoms with Gasteiger partial charge in [0.25, 0.3) is 0 Å². The molecule has 110 valence electrons. The van der Waals surface area contributed by atoms with Crippen molar-refractivity contribution in [2.75, 3.05) is 13.2 Å². The van der Waals surface area contributed by atoms with Gasteiger partial charge in [-0.25, -0.2) is 4.39 Å². The van der Waals surface area contributed by atoms with E-state index in [1.54, 1.807) is 6.07 Å². The van der Waals surface area contributed by atoms with Crippen LogP contribution in [0.15, 0.2) is 34.8 Å². The maximum Gasteiger partial charge on any atom is 0.162 e. The number of rotatable bonds is 2. The van der Waals surface area contributed by atoms with E-state index in [1.165, 1.54) is 12.1 Å². The monoisotopic (exact) mass is 434 g/mol. The Morgan fingerprint density at radius 3 is 2.38 bits per heavy atom. The molecule has 1 heterocycles. The highest BCUT2D eigenvalue weighted by Gasteiger charge is 2.21. The van der Waals surface area contributed by atoms with E-state index < -0.39 is 0 Å². The Morgan fingerprint density at radius 2 is 1.71 bits per heavy atom. The van der Waals surface area contributed by atoms with Gasteiger partial charge < -0.3 is 9.47 Å². The van der Waals surface area contributed by atoms with Crippen LogP contribution < -0.4 is 9.47 Å². The molecule has 0 amide bonds. The molecule has 1 unspecified atom stereocenters. The van der Waals surface area contributed by atoms with E-state index in [4.69, 9.17) is 21.1 Å². The summed E-state index contributed by atoms with van der Waals surface area (Å²) >= 11 is 13.3. The zero-order valence-corrected chi connectivity index (χ0v) is 14.6. The van der Waals surface area contributed by atoms with E-state index in [-0.39, 0.29) is 10.6 Å². The minimum absolute atomic E-state index is 0.184. The SMILES string of the molecule is Fc1ccc(C(Br)c2cc3c(cc2Br)OCCO3)c(Cl)c1. The number of halogens is 4. The summed E-state index contributed by atoms with van der Waals surface area (Å²) in [5.74, 6) is 1.05. The van der Waals surface area contributed by atoms with Crippen LogP contribution in [0, 0.1) is 5.82 Å². The fourth-order valence-corrected chi connectivity index (χ4v) is 4.19. The summed E-state index contributed by atoms with van der Waals surface area (Å²) in [6.07, 6.45) is 0. The summed E-state index contributed by atoms with van der Waals surface area (Å²) in [6, 6.07) is 8.13. The molecule has 0 spiro atoms. The first kappa shape index (κ1) is 15.1. The maximum atomic E-state index is 13.2. The lowest BCUT2D eigenvalue weighted by Gasteiger charge is -2.22. The molecule has 0 N–H and O–H groups in total. The Hall–Kier alpha value is -0.780. The molecular weight excluding hydrogens is 426 g/mol. The number of ether oxygens (including phenoxy) is 2. The van der Waals surface area contributed by atoms with Crippen LogP contribution >= 0.6 is 43.5 Å². The zero-order valence-electron chi connectivity index (χ0n) is 10.7. The third-order valence-corrected chi connectivity index (χ3v) is 5.17. The predicted octanol–water partition coefficient (Wildman–Crippen LogP) is 5.50. The van der Waals surface area contributed by atoms with Gasteiger partial charge in [-0.1, -0.05) is 49.5 Å². The quantitative estimate of drug-likeness (QED) is 0.579. The van der Waals surface area contributed by atoms with Crippen molar-refractivity contribution in [2.24, 2.45) is 0 Å². The Labute approximate surface area is 143 Å². The van der Waals surface area contributed by atoms with Crippen molar-refractivity contribution in [1.82, 2.24) is 0 Å². The van der Waals surface area contributed by atoms with Gasteiger partial charge in [0, 0.05) is 9.50 Å². The molecule has 0 aromatic heterocycles. The number of benzene rings is 2. The Bertz CT molecular complexity index is 694. The van der Waals surface area contributed by atoms with E-state index in [1.807, 2.05) is 12.1 Å². The third kappa shape index (κ3) is 3.05. The van der Waals surface area contributed by atoms with Gasteiger partial charge in [0.15, 0.2) is 11.5 Å². The van der Waals surface area contributed by atoms with E-state index in [0.29, 0.717) is 29.7 Å². The normalized spacial score (nSPS) is 14.9. The van der Waals surface area contributed by atoms with Crippen LogP contribution in [0.2, 0.25) is 5.02 Å². The molecule has 2 aromatic rings. The Kier molecular flexibility index (Phi) is 4.43. The van der Waals surface area contributed by atoms with E-state index in [9.17, 15) is 4.39 Å². The molecule has 0 fully saturated rings. The first-order valence-corrected chi connectivity index (χ1v) is 8.33. The van der Waals surface area contributed by atoms with Crippen LogP contribution in [0.4, 0.5) is 4.39 Å². The maximum absolute atomic E-state index is 13.2. The molecular formula is C15H10Br2ClFO2. The first-order chi connectivity index (χ1) is 10.1. The van der Waals surface area contributed by atoms with Crippen molar-refractivity contribution in [2.45, 2.75) is 4.83 Å². The van der Waals surface area contributed by atoms with Gasteiger partial charge in [0.05, 0.1) is 4.83 Å². The summed E-state index contributed by atoms with van der Waals surface area (Å²) < 4.78 is 25.2. The summed E-state index contributed by atoms with van der Waals surface area (Å²) in [5, 5.41) is 0.374. The van der Waals surface area contributed by atoms with Gasteiger partial charge in [0.1, 0.15) is 19.0 Å². The van der Waals surface area contributed by atoms with Crippen LogP contribution in [0.3, 0.4) is 0 Å². The van der Waals surface area contributed by atoms with Crippen molar-refractivity contribution in [1.29, 1.82) is 0 Å². The van der Waals surface area contributed by atoms with Crippen LogP contribution in [0.1, 0.15) is 16.0 Å². The largest absolute Gasteiger partial charge is 0.486 e. The molecule has 0 aliphatic carbocycles. The molecule has 0 bridgehead atoms. The van der Waals surface area contributed by atoms with Gasteiger partial charge in [-0.2, -0.15) is 0 Å². The lowest BCUT2D eigenvalue weighted by molar-refractivity contribution is 0.171. The Balaban J connectivity index is 2.03. The van der Waals surface area contributed by atoms with E-state index in [0.717, 1.165) is 15.6 Å².